The first-order valence-electron chi connectivity index (χ1n) is 9.13. The predicted octanol–water partition coefficient (Wildman–Crippen LogP) is 3.27. The Kier molecular flexibility index (Phi) is 4.83. The lowest BCUT2D eigenvalue weighted by atomic mass is 10.1. The number of carbonyl (C=O) groups is 1. The molecule has 0 bridgehead atoms. The Bertz CT molecular complexity index is 978. The van der Waals surface area contributed by atoms with Crippen molar-refractivity contribution in [3.05, 3.63) is 65.2 Å². The van der Waals surface area contributed by atoms with Gasteiger partial charge in [-0.3, -0.25) is 4.79 Å². The normalized spacial score (nSPS) is 16.9. The van der Waals surface area contributed by atoms with Gasteiger partial charge in [0.1, 0.15) is 17.6 Å². The molecule has 1 aliphatic rings. The van der Waals surface area contributed by atoms with Gasteiger partial charge >= 0.3 is 0 Å². The lowest BCUT2D eigenvalue weighted by Crippen LogP contribution is -2.42. The second-order valence-corrected chi connectivity index (χ2v) is 6.80. The maximum absolute atomic E-state index is 12.8. The van der Waals surface area contributed by atoms with E-state index in [0.29, 0.717) is 25.3 Å². The summed E-state index contributed by atoms with van der Waals surface area (Å²) < 4.78 is 11.1. The summed E-state index contributed by atoms with van der Waals surface area (Å²) in [7, 11) is 0. The van der Waals surface area contributed by atoms with Gasteiger partial charge in [0.2, 0.25) is 0 Å². The number of nitrogens with zero attached hydrogens (tertiary/aromatic N) is 3. The molecule has 0 aliphatic carbocycles. The van der Waals surface area contributed by atoms with Crippen molar-refractivity contribution in [2.45, 2.75) is 20.0 Å². The Morgan fingerprint density at radius 2 is 1.96 bits per heavy atom. The van der Waals surface area contributed by atoms with Crippen LogP contribution in [-0.4, -0.2) is 45.8 Å². The lowest BCUT2D eigenvalue weighted by molar-refractivity contribution is -0.0246. The topological polar surface area (TPSA) is 88.7 Å². The Morgan fingerprint density at radius 1 is 1.18 bits per heavy atom. The summed E-state index contributed by atoms with van der Waals surface area (Å²) >= 11 is 0. The molecular weight excluding hydrogens is 358 g/mol. The highest BCUT2D eigenvalue weighted by molar-refractivity contribution is 5.94. The Morgan fingerprint density at radius 3 is 2.68 bits per heavy atom. The maximum Gasteiger partial charge on any atom is 0.254 e. The van der Waals surface area contributed by atoms with Gasteiger partial charge in [0.05, 0.1) is 35.8 Å². The Labute approximate surface area is 162 Å². The van der Waals surface area contributed by atoms with Crippen LogP contribution in [0.4, 0.5) is 0 Å². The molecule has 28 heavy (non-hydrogen) atoms. The second-order valence-electron chi connectivity index (χ2n) is 6.80. The molecule has 0 radical (unpaired) electrons. The minimum Gasteiger partial charge on any atom is -0.508 e. The molecule has 1 fully saturated rings. The van der Waals surface area contributed by atoms with E-state index in [0.717, 1.165) is 28.4 Å². The van der Waals surface area contributed by atoms with E-state index in [2.05, 4.69) is 5.16 Å². The van der Waals surface area contributed by atoms with Crippen LogP contribution in [-0.2, 0) is 4.74 Å². The number of morpholine rings is 1. The zero-order valence-electron chi connectivity index (χ0n) is 15.8. The van der Waals surface area contributed by atoms with Crippen molar-refractivity contribution in [2.75, 3.05) is 19.7 Å². The third kappa shape index (κ3) is 3.48. The van der Waals surface area contributed by atoms with Crippen molar-refractivity contribution in [1.82, 2.24) is 15.0 Å². The second kappa shape index (κ2) is 7.44. The Hall–Kier alpha value is -3.19. The van der Waals surface area contributed by atoms with Gasteiger partial charge in [-0.1, -0.05) is 11.2 Å². The molecule has 3 aromatic rings. The van der Waals surface area contributed by atoms with E-state index in [1.54, 1.807) is 17.0 Å². The average Bonchev–Trinajstić information content (AvgIpc) is 3.06. The van der Waals surface area contributed by atoms with Gasteiger partial charge in [0.15, 0.2) is 0 Å². The van der Waals surface area contributed by atoms with Gasteiger partial charge in [-0.15, -0.1) is 0 Å². The van der Waals surface area contributed by atoms with Crippen molar-refractivity contribution >= 4 is 5.91 Å². The summed E-state index contributed by atoms with van der Waals surface area (Å²) in [6.45, 7) is 5.11. The van der Waals surface area contributed by atoms with E-state index in [4.69, 9.17) is 14.2 Å². The monoisotopic (exact) mass is 379 g/mol. The first kappa shape index (κ1) is 18.2. The molecular formula is C21H21N3O4. The van der Waals surface area contributed by atoms with Crippen LogP contribution in [0, 0.1) is 13.8 Å². The number of hydrogen-bond acceptors (Lipinski definition) is 6. The third-order valence-corrected chi connectivity index (χ3v) is 4.86. The van der Waals surface area contributed by atoms with Crippen LogP contribution in [0.1, 0.15) is 33.6 Å². The van der Waals surface area contributed by atoms with Crippen LogP contribution in [0.2, 0.25) is 0 Å². The summed E-state index contributed by atoms with van der Waals surface area (Å²) in [6, 6.07) is 12.0. The van der Waals surface area contributed by atoms with Crippen LogP contribution in [0.25, 0.3) is 11.3 Å². The highest BCUT2D eigenvalue weighted by Gasteiger charge is 2.27. The molecule has 4 rings (SSSR count). The highest BCUT2D eigenvalue weighted by Crippen LogP contribution is 2.28. The molecule has 1 amide bonds. The number of amides is 1. The number of pyridine rings is 1. The number of aromatic hydroxyl groups is 1. The van der Waals surface area contributed by atoms with E-state index < -0.39 is 0 Å². The largest absolute Gasteiger partial charge is 0.508 e. The number of aryl methyl sites for hydroxylation is 2. The van der Waals surface area contributed by atoms with Gasteiger partial charge in [0.25, 0.3) is 5.91 Å². The van der Waals surface area contributed by atoms with Gasteiger partial charge in [-0.05, 0) is 50.2 Å². The van der Waals surface area contributed by atoms with E-state index >= 15 is 0 Å². The number of ether oxygens (including phenoxy) is 1. The third-order valence-electron chi connectivity index (χ3n) is 4.86. The number of carbonyl (C=O) groups excluding carboxylic acids is 1. The fourth-order valence-corrected chi connectivity index (χ4v) is 3.42. The van der Waals surface area contributed by atoms with E-state index in [1.807, 2.05) is 32.0 Å². The summed E-state index contributed by atoms with van der Waals surface area (Å²) in [4.78, 5) is 19.3. The van der Waals surface area contributed by atoms with Crippen LogP contribution in [0.3, 0.4) is 0 Å². The number of phenols is 1. The minimum absolute atomic E-state index is 0.0878. The first-order chi connectivity index (χ1) is 13.5. The maximum atomic E-state index is 12.8. The minimum atomic E-state index is -0.310. The molecule has 144 valence electrons. The lowest BCUT2D eigenvalue weighted by Gasteiger charge is -2.33. The number of benzene rings is 1. The number of aromatic nitrogens is 2. The molecule has 7 heteroatoms. The fraction of sp³-hybridized carbons (Fsp3) is 0.286. The molecule has 1 aliphatic heterocycles. The van der Waals surface area contributed by atoms with E-state index in [9.17, 15) is 9.90 Å². The van der Waals surface area contributed by atoms with Crippen molar-refractivity contribution in [3.63, 3.8) is 0 Å². The molecule has 0 spiro atoms. The molecule has 1 saturated heterocycles. The number of rotatable bonds is 3. The summed E-state index contributed by atoms with van der Waals surface area (Å²) in [5, 5.41) is 13.4. The standard InChI is InChI=1S/C21H21N3O4/c1-13-20(14(2)28-23-13)18-5-3-4-17(22-18)19-12-24(10-11-27-19)21(26)15-6-8-16(25)9-7-15/h3-9,19,25H,10-12H2,1-2H3. The van der Waals surface area contributed by atoms with Crippen LogP contribution >= 0.6 is 0 Å². The van der Waals surface area contributed by atoms with Crippen LogP contribution < -0.4 is 0 Å². The quantitative estimate of drug-likeness (QED) is 0.751. The summed E-state index contributed by atoms with van der Waals surface area (Å²) in [6.07, 6.45) is -0.310. The smallest absolute Gasteiger partial charge is 0.254 e. The molecule has 1 unspecified atom stereocenters. The molecule has 1 N–H and O–H groups in total. The molecule has 2 aromatic heterocycles. The summed E-state index contributed by atoms with van der Waals surface area (Å²) in [5.74, 6) is 0.766. The zero-order valence-corrected chi connectivity index (χ0v) is 15.8. The van der Waals surface area contributed by atoms with Crippen molar-refractivity contribution in [1.29, 1.82) is 0 Å². The molecule has 3 heterocycles. The highest BCUT2D eigenvalue weighted by atomic mass is 16.5. The molecule has 1 aromatic carbocycles. The van der Waals surface area contributed by atoms with Crippen molar-refractivity contribution in [3.8, 4) is 17.0 Å². The van der Waals surface area contributed by atoms with Gasteiger partial charge in [-0.25, -0.2) is 4.98 Å². The predicted molar refractivity (Wildman–Crippen MR) is 102 cm³/mol. The molecule has 7 nitrogen and oxygen atoms in total. The zero-order chi connectivity index (χ0) is 19.7. The Balaban J connectivity index is 1.56. The van der Waals surface area contributed by atoms with E-state index in [1.165, 1.54) is 12.1 Å². The van der Waals surface area contributed by atoms with Gasteiger partial charge in [0, 0.05) is 12.1 Å². The van der Waals surface area contributed by atoms with E-state index in [-0.39, 0.29) is 17.8 Å². The van der Waals surface area contributed by atoms with Crippen molar-refractivity contribution < 1.29 is 19.2 Å². The molecule has 1 atom stereocenters. The number of hydrogen-bond donors (Lipinski definition) is 1. The fourth-order valence-electron chi connectivity index (χ4n) is 3.42. The average molecular weight is 379 g/mol. The summed E-state index contributed by atoms with van der Waals surface area (Å²) in [5.41, 5.74) is 3.75. The van der Waals surface area contributed by atoms with Gasteiger partial charge in [-0.2, -0.15) is 0 Å². The number of phenolic OH excluding ortho intramolecular Hbond substituents is 1. The first-order valence-corrected chi connectivity index (χ1v) is 9.13. The molecule has 0 saturated carbocycles. The van der Waals surface area contributed by atoms with Gasteiger partial charge < -0.3 is 19.3 Å². The SMILES string of the molecule is Cc1noc(C)c1-c1cccc(C2CN(C(=O)c3ccc(O)cc3)CCO2)n1. The van der Waals surface area contributed by atoms with Crippen LogP contribution in [0.5, 0.6) is 5.75 Å². The van der Waals surface area contributed by atoms with Crippen molar-refractivity contribution in [2.24, 2.45) is 0 Å². The van der Waals surface area contributed by atoms with Crippen LogP contribution in [0.15, 0.2) is 47.0 Å².